The summed E-state index contributed by atoms with van der Waals surface area (Å²) in [6, 6.07) is 15.3. The minimum Gasteiger partial charge on any atom is -0.493 e. The van der Waals surface area contributed by atoms with Gasteiger partial charge in [0.15, 0.2) is 17.3 Å². The zero-order valence-corrected chi connectivity index (χ0v) is 19.0. The van der Waals surface area contributed by atoms with E-state index in [9.17, 15) is 4.79 Å². The lowest BCUT2D eigenvalue weighted by molar-refractivity contribution is -0.121. The summed E-state index contributed by atoms with van der Waals surface area (Å²) in [5.74, 6) is 2.15. The molecule has 3 aromatic rings. The number of benzene rings is 2. The summed E-state index contributed by atoms with van der Waals surface area (Å²) in [6.45, 7) is 1.63. The second kappa shape index (κ2) is 9.96. The zero-order valence-electron chi connectivity index (χ0n) is 18.2. The summed E-state index contributed by atoms with van der Waals surface area (Å²) in [5.41, 5.74) is 2.86. The molecule has 8 heteroatoms. The first kappa shape index (κ1) is 22.0. The van der Waals surface area contributed by atoms with Crippen molar-refractivity contribution in [3.05, 3.63) is 59.1 Å². The Morgan fingerprint density at radius 1 is 1.16 bits per heavy atom. The average Bonchev–Trinajstić information content (AvgIpc) is 3.30. The van der Waals surface area contributed by atoms with Crippen LogP contribution >= 0.6 is 11.6 Å². The van der Waals surface area contributed by atoms with Crippen molar-refractivity contribution in [3.8, 4) is 22.8 Å². The molecule has 1 atom stereocenters. The van der Waals surface area contributed by atoms with Crippen LogP contribution in [0.4, 0.5) is 5.82 Å². The van der Waals surface area contributed by atoms with Gasteiger partial charge in [-0.1, -0.05) is 29.8 Å². The van der Waals surface area contributed by atoms with E-state index in [-0.39, 0.29) is 11.9 Å². The number of methoxy groups -OCH3 is 2. The Bertz CT molecular complexity index is 1070. The van der Waals surface area contributed by atoms with E-state index in [0.29, 0.717) is 22.9 Å². The third-order valence-corrected chi connectivity index (χ3v) is 5.89. The van der Waals surface area contributed by atoms with Crippen LogP contribution in [-0.4, -0.2) is 49.5 Å². The monoisotopic (exact) mass is 454 g/mol. The second-order valence-corrected chi connectivity index (χ2v) is 8.30. The standard InChI is InChI=1S/C24H27ClN4O3/c1-31-21-10-5-16(12-22(21)32-2)13-24(30)26-19-4-3-11-29(15-19)23-14-20(27-28-23)17-6-8-18(25)9-7-17/h5-10,12,14,19H,3-4,11,13,15H2,1-2H3,(H,26,30)(H,27,28)/t19-/m1/s1. The summed E-state index contributed by atoms with van der Waals surface area (Å²) in [5, 5.41) is 11.5. The lowest BCUT2D eigenvalue weighted by atomic mass is 10.0. The molecule has 0 aliphatic carbocycles. The number of nitrogens with zero attached hydrogens (tertiary/aromatic N) is 2. The van der Waals surface area contributed by atoms with Gasteiger partial charge in [0, 0.05) is 30.2 Å². The van der Waals surface area contributed by atoms with E-state index in [2.05, 4.69) is 20.4 Å². The molecule has 2 N–H and O–H groups in total. The largest absolute Gasteiger partial charge is 0.493 e. The predicted molar refractivity (Wildman–Crippen MR) is 126 cm³/mol. The predicted octanol–water partition coefficient (Wildman–Crippen LogP) is 4.08. The van der Waals surface area contributed by atoms with Crippen LogP contribution in [0.5, 0.6) is 11.5 Å². The molecule has 2 heterocycles. The highest BCUT2D eigenvalue weighted by atomic mass is 35.5. The van der Waals surface area contributed by atoms with Crippen LogP contribution in [0, 0.1) is 0 Å². The number of hydrogen-bond donors (Lipinski definition) is 2. The summed E-state index contributed by atoms with van der Waals surface area (Å²) < 4.78 is 10.6. The smallest absolute Gasteiger partial charge is 0.224 e. The molecule has 0 saturated carbocycles. The molecule has 32 heavy (non-hydrogen) atoms. The van der Waals surface area contributed by atoms with Crippen molar-refractivity contribution in [1.29, 1.82) is 0 Å². The summed E-state index contributed by atoms with van der Waals surface area (Å²) in [7, 11) is 3.18. The van der Waals surface area contributed by atoms with E-state index in [1.54, 1.807) is 14.2 Å². The van der Waals surface area contributed by atoms with Gasteiger partial charge < -0.3 is 19.7 Å². The number of aromatic amines is 1. The molecule has 1 saturated heterocycles. The highest BCUT2D eigenvalue weighted by molar-refractivity contribution is 6.30. The van der Waals surface area contributed by atoms with E-state index in [4.69, 9.17) is 21.1 Å². The molecule has 2 aromatic carbocycles. The molecule has 1 aromatic heterocycles. The number of halogens is 1. The number of aromatic nitrogens is 2. The van der Waals surface area contributed by atoms with Crippen LogP contribution in [0.15, 0.2) is 48.5 Å². The lowest BCUT2D eigenvalue weighted by Crippen LogP contribution is -2.48. The summed E-state index contributed by atoms with van der Waals surface area (Å²) in [4.78, 5) is 14.9. The Balaban J connectivity index is 1.36. The van der Waals surface area contributed by atoms with Gasteiger partial charge in [-0.2, -0.15) is 5.10 Å². The van der Waals surface area contributed by atoms with E-state index in [1.807, 2.05) is 48.5 Å². The zero-order chi connectivity index (χ0) is 22.5. The fourth-order valence-corrected chi connectivity index (χ4v) is 4.13. The normalized spacial score (nSPS) is 16.0. The number of carbonyl (C=O) groups excluding carboxylic acids is 1. The third kappa shape index (κ3) is 5.16. The van der Waals surface area contributed by atoms with Crippen LogP contribution in [0.25, 0.3) is 11.3 Å². The number of piperidine rings is 1. The molecular weight excluding hydrogens is 428 g/mol. The van der Waals surface area contributed by atoms with Gasteiger partial charge in [-0.25, -0.2) is 0 Å². The van der Waals surface area contributed by atoms with Crippen molar-refractivity contribution in [2.45, 2.75) is 25.3 Å². The van der Waals surface area contributed by atoms with Crippen molar-refractivity contribution >= 4 is 23.3 Å². The van der Waals surface area contributed by atoms with E-state index < -0.39 is 0 Å². The van der Waals surface area contributed by atoms with Crippen LogP contribution in [0.2, 0.25) is 5.02 Å². The van der Waals surface area contributed by atoms with Crippen molar-refractivity contribution in [1.82, 2.24) is 15.5 Å². The first-order chi connectivity index (χ1) is 15.6. The number of ether oxygens (including phenoxy) is 2. The first-order valence-electron chi connectivity index (χ1n) is 10.6. The van der Waals surface area contributed by atoms with Crippen molar-refractivity contribution < 1.29 is 14.3 Å². The highest BCUT2D eigenvalue weighted by Gasteiger charge is 2.23. The van der Waals surface area contributed by atoms with Crippen molar-refractivity contribution in [2.75, 3.05) is 32.2 Å². The van der Waals surface area contributed by atoms with E-state index >= 15 is 0 Å². The van der Waals surface area contributed by atoms with Crippen molar-refractivity contribution in [3.63, 3.8) is 0 Å². The Morgan fingerprint density at radius 3 is 2.69 bits per heavy atom. The SMILES string of the molecule is COc1ccc(CC(=O)N[C@@H]2CCCN(c3cc(-c4ccc(Cl)cc4)[nH]n3)C2)cc1OC. The molecule has 7 nitrogen and oxygen atoms in total. The molecule has 168 valence electrons. The molecule has 1 fully saturated rings. The highest BCUT2D eigenvalue weighted by Crippen LogP contribution is 2.28. The Hall–Kier alpha value is -3.19. The molecule has 1 aliphatic heterocycles. The van der Waals surface area contributed by atoms with Gasteiger partial charge in [-0.3, -0.25) is 9.89 Å². The van der Waals surface area contributed by atoms with Crippen molar-refractivity contribution in [2.24, 2.45) is 0 Å². The number of amides is 1. The van der Waals surface area contributed by atoms with Gasteiger partial charge in [0.25, 0.3) is 0 Å². The second-order valence-electron chi connectivity index (χ2n) is 7.87. The first-order valence-corrected chi connectivity index (χ1v) is 11.0. The van der Waals surface area contributed by atoms with Gasteiger partial charge in [0.1, 0.15) is 0 Å². The number of rotatable bonds is 7. The van der Waals surface area contributed by atoms with Crippen LogP contribution in [0.3, 0.4) is 0 Å². The maximum atomic E-state index is 12.7. The molecular formula is C24H27ClN4O3. The molecule has 1 amide bonds. The quantitative estimate of drug-likeness (QED) is 0.562. The minimum absolute atomic E-state index is 0.00653. The summed E-state index contributed by atoms with van der Waals surface area (Å²) >= 11 is 5.98. The Kier molecular flexibility index (Phi) is 6.85. The van der Waals surface area contributed by atoms with Crippen LogP contribution in [0.1, 0.15) is 18.4 Å². The topological polar surface area (TPSA) is 79.5 Å². The Labute approximate surface area is 192 Å². The molecule has 0 spiro atoms. The third-order valence-electron chi connectivity index (χ3n) is 5.64. The molecule has 0 radical (unpaired) electrons. The maximum absolute atomic E-state index is 12.7. The fraction of sp³-hybridized carbons (Fsp3) is 0.333. The number of anilines is 1. The number of nitrogens with one attached hydrogen (secondary N) is 2. The maximum Gasteiger partial charge on any atom is 0.224 e. The van der Waals surface area contributed by atoms with E-state index in [1.165, 1.54) is 0 Å². The summed E-state index contributed by atoms with van der Waals surface area (Å²) in [6.07, 6.45) is 2.23. The number of hydrogen-bond acceptors (Lipinski definition) is 5. The van der Waals surface area contributed by atoms with Gasteiger partial charge in [-0.05, 0) is 48.2 Å². The Morgan fingerprint density at radius 2 is 1.94 bits per heavy atom. The molecule has 4 rings (SSSR count). The molecule has 1 aliphatic rings. The van der Waals surface area contributed by atoms with Gasteiger partial charge >= 0.3 is 0 Å². The number of carbonyl (C=O) groups is 1. The number of H-pyrrole nitrogens is 1. The minimum atomic E-state index is -0.00653. The molecule has 0 unspecified atom stereocenters. The van der Waals surface area contributed by atoms with E-state index in [0.717, 1.165) is 48.6 Å². The average molecular weight is 455 g/mol. The van der Waals surface area contributed by atoms with Crippen LogP contribution < -0.4 is 19.7 Å². The van der Waals surface area contributed by atoms with Crippen LogP contribution in [-0.2, 0) is 11.2 Å². The lowest BCUT2D eigenvalue weighted by Gasteiger charge is -2.33. The van der Waals surface area contributed by atoms with Gasteiger partial charge in [-0.15, -0.1) is 0 Å². The van der Waals surface area contributed by atoms with Gasteiger partial charge in [0.05, 0.1) is 26.3 Å². The molecule has 0 bridgehead atoms. The van der Waals surface area contributed by atoms with Gasteiger partial charge in [0.2, 0.25) is 5.91 Å². The fourth-order valence-electron chi connectivity index (χ4n) is 4.01.